The predicted molar refractivity (Wildman–Crippen MR) is 125 cm³/mol. The van der Waals surface area contributed by atoms with Gasteiger partial charge < -0.3 is 10.2 Å². The fraction of sp³-hybridized carbons (Fsp3) is 0.348. The van der Waals surface area contributed by atoms with Gasteiger partial charge in [-0.3, -0.25) is 15.0 Å². The zero-order valence-corrected chi connectivity index (χ0v) is 18.6. The van der Waals surface area contributed by atoms with E-state index in [1.165, 1.54) is 0 Å². The van der Waals surface area contributed by atoms with Crippen molar-refractivity contribution in [1.29, 1.82) is 0 Å². The van der Waals surface area contributed by atoms with Crippen LogP contribution in [0.25, 0.3) is 0 Å². The maximum atomic E-state index is 6.55. The highest BCUT2D eigenvalue weighted by Gasteiger charge is 2.24. The van der Waals surface area contributed by atoms with Crippen LogP contribution in [-0.2, 0) is 6.54 Å². The van der Waals surface area contributed by atoms with Crippen LogP contribution >= 0.6 is 11.6 Å². The van der Waals surface area contributed by atoms with Gasteiger partial charge in [-0.05, 0) is 25.6 Å². The summed E-state index contributed by atoms with van der Waals surface area (Å²) in [6.45, 7) is 10.5. The van der Waals surface area contributed by atoms with Crippen LogP contribution in [0.15, 0.2) is 41.5 Å². The predicted octanol–water partition coefficient (Wildman–Crippen LogP) is 4.13. The van der Waals surface area contributed by atoms with Gasteiger partial charge in [0, 0.05) is 55.1 Å². The molecule has 3 aromatic rings. The molecule has 0 spiro atoms. The van der Waals surface area contributed by atoms with E-state index in [0.29, 0.717) is 5.02 Å². The summed E-state index contributed by atoms with van der Waals surface area (Å²) >= 11 is 6.55. The molecule has 2 N–H and O–H groups in total. The Labute approximate surface area is 187 Å². The van der Waals surface area contributed by atoms with Crippen molar-refractivity contribution in [3.8, 4) is 0 Å². The molecule has 1 aromatic carbocycles. The summed E-state index contributed by atoms with van der Waals surface area (Å²) in [7, 11) is 0. The molecule has 4 heterocycles. The van der Waals surface area contributed by atoms with Crippen molar-refractivity contribution in [3.63, 3.8) is 0 Å². The number of H-pyrrole nitrogens is 1. The summed E-state index contributed by atoms with van der Waals surface area (Å²) in [6.07, 6.45) is 1.91. The highest BCUT2D eigenvalue weighted by molar-refractivity contribution is 6.36. The Balaban J connectivity index is 1.51. The second-order valence-electron chi connectivity index (χ2n) is 8.04. The lowest BCUT2D eigenvalue weighted by Crippen LogP contribution is -2.45. The van der Waals surface area contributed by atoms with Gasteiger partial charge in [0.15, 0.2) is 5.82 Å². The van der Waals surface area contributed by atoms with Gasteiger partial charge in [0.25, 0.3) is 0 Å². The normalized spacial score (nSPS) is 16.8. The minimum absolute atomic E-state index is 0.662. The van der Waals surface area contributed by atoms with Crippen LogP contribution in [0.4, 0.5) is 17.2 Å². The summed E-state index contributed by atoms with van der Waals surface area (Å²) in [5.74, 6) is 0.717. The van der Waals surface area contributed by atoms with Crippen LogP contribution in [0, 0.1) is 6.92 Å². The average molecular weight is 436 g/mol. The van der Waals surface area contributed by atoms with Gasteiger partial charge in [-0.25, -0.2) is 4.99 Å². The van der Waals surface area contributed by atoms with Crippen LogP contribution in [0.5, 0.6) is 0 Å². The molecule has 1 saturated heterocycles. The van der Waals surface area contributed by atoms with Gasteiger partial charge in [-0.2, -0.15) is 5.10 Å². The Kier molecular flexibility index (Phi) is 5.48. The summed E-state index contributed by atoms with van der Waals surface area (Å²) in [5, 5.41) is 11.6. The first kappa shape index (κ1) is 20.2. The van der Waals surface area contributed by atoms with E-state index in [4.69, 9.17) is 21.6 Å². The molecule has 7 nitrogen and oxygen atoms in total. The first-order chi connectivity index (χ1) is 15.1. The molecule has 2 aliphatic heterocycles. The van der Waals surface area contributed by atoms with Crippen molar-refractivity contribution in [2.75, 3.05) is 38.0 Å². The minimum atomic E-state index is 0.662. The summed E-state index contributed by atoms with van der Waals surface area (Å²) in [6, 6.07) is 9.90. The number of nitrogens with one attached hydrogen (secondary N) is 2. The van der Waals surface area contributed by atoms with Crippen LogP contribution in [0.1, 0.15) is 29.4 Å². The highest BCUT2D eigenvalue weighted by atomic mass is 35.5. The van der Waals surface area contributed by atoms with E-state index >= 15 is 0 Å². The lowest BCUT2D eigenvalue weighted by atomic mass is 10.0. The molecule has 0 unspecified atom stereocenters. The number of anilines is 2. The quantitative estimate of drug-likeness (QED) is 0.504. The van der Waals surface area contributed by atoms with Crippen molar-refractivity contribution in [2.45, 2.75) is 20.4 Å². The molecule has 1 fully saturated rings. The van der Waals surface area contributed by atoms with E-state index in [2.05, 4.69) is 38.3 Å². The number of aryl methyl sites for hydroxylation is 1. The second kappa shape index (κ2) is 8.42. The number of halogens is 1. The highest BCUT2D eigenvalue weighted by Crippen LogP contribution is 2.37. The third-order valence-electron chi connectivity index (χ3n) is 6.03. The molecule has 5 rings (SSSR count). The lowest BCUT2D eigenvalue weighted by Gasteiger charge is -2.33. The number of pyridine rings is 1. The van der Waals surface area contributed by atoms with E-state index in [9.17, 15) is 0 Å². The number of piperazine rings is 1. The van der Waals surface area contributed by atoms with E-state index in [1.54, 1.807) is 0 Å². The Morgan fingerprint density at radius 2 is 1.84 bits per heavy atom. The van der Waals surface area contributed by atoms with Crippen molar-refractivity contribution < 1.29 is 0 Å². The Hall–Kier alpha value is -2.74. The molecule has 0 saturated carbocycles. The van der Waals surface area contributed by atoms with Crippen molar-refractivity contribution in [3.05, 3.63) is 64.1 Å². The summed E-state index contributed by atoms with van der Waals surface area (Å²) < 4.78 is 0. The number of fused-ring (bicyclic) bond motifs is 2. The Bertz CT molecular complexity index is 1130. The first-order valence-electron chi connectivity index (χ1n) is 10.7. The number of benzene rings is 1. The fourth-order valence-electron chi connectivity index (χ4n) is 4.18. The van der Waals surface area contributed by atoms with Crippen molar-refractivity contribution >= 4 is 34.5 Å². The van der Waals surface area contributed by atoms with Crippen LogP contribution in [0.3, 0.4) is 0 Å². The molecule has 0 amide bonds. The smallest absolute Gasteiger partial charge is 0.178 e. The van der Waals surface area contributed by atoms with Crippen LogP contribution in [-0.4, -0.2) is 63.4 Å². The van der Waals surface area contributed by atoms with Gasteiger partial charge >= 0.3 is 0 Å². The van der Waals surface area contributed by atoms with Gasteiger partial charge in [0.2, 0.25) is 0 Å². The second-order valence-corrected chi connectivity index (χ2v) is 8.45. The third kappa shape index (κ3) is 3.96. The zero-order chi connectivity index (χ0) is 21.4. The maximum absolute atomic E-state index is 6.55. The lowest BCUT2D eigenvalue weighted by molar-refractivity contribution is 0.131. The molecule has 0 radical (unpaired) electrons. The van der Waals surface area contributed by atoms with Crippen LogP contribution in [0.2, 0.25) is 5.02 Å². The van der Waals surface area contributed by atoms with E-state index < -0.39 is 0 Å². The van der Waals surface area contributed by atoms with Crippen molar-refractivity contribution in [1.82, 2.24) is 25.0 Å². The number of aromatic nitrogens is 3. The molecular formula is C23H26ClN7. The molecular weight excluding hydrogens is 410 g/mol. The molecule has 0 aliphatic carbocycles. The van der Waals surface area contributed by atoms with E-state index in [1.807, 2.05) is 37.4 Å². The Morgan fingerprint density at radius 3 is 2.61 bits per heavy atom. The number of likely N-dealkylation sites (N-methyl/N-ethyl adjacent to an activating group) is 1. The number of aromatic amines is 1. The molecule has 0 bridgehead atoms. The molecule has 2 aliphatic rings. The van der Waals surface area contributed by atoms with Crippen molar-refractivity contribution in [2.24, 2.45) is 4.99 Å². The number of hydrogen-bond acceptors (Lipinski definition) is 6. The number of hydrogen-bond donors (Lipinski definition) is 2. The molecule has 2 aromatic heterocycles. The van der Waals surface area contributed by atoms with Gasteiger partial charge in [0.1, 0.15) is 5.69 Å². The van der Waals surface area contributed by atoms with E-state index in [0.717, 1.165) is 84.7 Å². The first-order valence-corrected chi connectivity index (χ1v) is 11.1. The monoisotopic (exact) mass is 435 g/mol. The average Bonchev–Trinajstić information content (AvgIpc) is 3.03. The minimum Gasteiger partial charge on any atom is -0.336 e. The molecule has 160 valence electrons. The molecule has 31 heavy (non-hydrogen) atoms. The third-order valence-corrected chi connectivity index (χ3v) is 6.36. The largest absolute Gasteiger partial charge is 0.336 e. The molecule has 0 atom stereocenters. The van der Waals surface area contributed by atoms with E-state index in [-0.39, 0.29) is 0 Å². The maximum Gasteiger partial charge on any atom is 0.178 e. The molecule has 8 heteroatoms. The van der Waals surface area contributed by atoms with Gasteiger partial charge in [0.05, 0.1) is 22.8 Å². The number of nitrogens with zero attached hydrogens (tertiary/aromatic N) is 5. The number of aliphatic imine (C=N–C) groups is 1. The standard InChI is InChI=1S/C23H26ClN7/c1-3-30-8-10-31(11-9-30)14-16-12-20-18(13-25-16)22(17-6-4-5-7-19(17)24)27-21-15(2)28-29-23(21)26-20/h4-7,12-13H,3,8-11,14H2,1-2H3,(H2,26,28,29). The summed E-state index contributed by atoms with van der Waals surface area (Å²) in [4.78, 5) is 14.7. The zero-order valence-electron chi connectivity index (χ0n) is 17.8. The topological polar surface area (TPSA) is 72.4 Å². The fourth-order valence-corrected chi connectivity index (χ4v) is 4.40. The summed E-state index contributed by atoms with van der Waals surface area (Å²) in [5.41, 5.74) is 6.28. The van der Waals surface area contributed by atoms with Gasteiger partial charge in [-0.15, -0.1) is 0 Å². The number of rotatable bonds is 4. The Morgan fingerprint density at radius 1 is 1.06 bits per heavy atom. The van der Waals surface area contributed by atoms with Gasteiger partial charge in [-0.1, -0.05) is 36.7 Å². The van der Waals surface area contributed by atoms with Crippen LogP contribution < -0.4 is 5.32 Å². The SMILES string of the molecule is CCN1CCN(Cc2cc3c(cn2)C(c2ccccc2Cl)=Nc2c(n[nH]c2C)N3)CC1.